The van der Waals surface area contributed by atoms with Gasteiger partial charge in [0.1, 0.15) is 0 Å². The van der Waals surface area contributed by atoms with Crippen molar-refractivity contribution in [2.24, 2.45) is 0 Å². The fourth-order valence-corrected chi connectivity index (χ4v) is 2.55. The van der Waals surface area contributed by atoms with Crippen molar-refractivity contribution >= 4 is 0 Å². The molecule has 0 aromatic heterocycles. The first-order chi connectivity index (χ1) is 9.37. The van der Waals surface area contributed by atoms with Gasteiger partial charge < -0.3 is 5.32 Å². The van der Waals surface area contributed by atoms with Crippen LogP contribution in [0.15, 0.2) is 24.3 Å². The van der Waals surface area contributed by atoms with Gasteiger partial charge >= 0.3 is 0 Å². The Hall–Kier alpha value is -0.860. The Morgan fingerprint density at radius 2 is 1.60 bits per heavy atom. The minimum Gasteiger partial charge on any atom is -0.308 e. The van der Waals surface area contributed by atoms with Crippen molar-refractivity contribution in [2.75, 3.05) is 7.05 Å². The maximum atomic E-state index is 3.59. The average Bonchev–Trinajstić information content (AvgIpc) is 2.38. The highest BCUT2D eigenvalue weighted by molar-refractivity contribution is 5.27. The van der Waals surface area contributed by atoms with Crippen LogP contribution in [-0.2, 0) is 13.1 Å². The van der Waals surface area contributed by atoms with Crippen molar-refractivity contribution in [3.05, 3.63) is 35.4 Å². The number of hydrogen-bond acceptors (Lipinski definition) is 2. The molecule has 0 radical (unpaired) electrons. The molecule has 2 heteroatoms. The van der Waals surface area contributed by atoms with Gasteiger partial charge in [0.05, 0.1) is 0 Å². The highest BCUT2D eigenvalue weighted by Crippen LogP contribution is 2.16. The van der Waals surface area contributed by atoms with Gasteiger partial charge in [-0.2, -0.15) is 0 Å². The summed E-state index contributed by atoms with van der Waals surface area (Å²) < 4.78 is 0. The van der Waals surface area contributed by atoms with Crippen molar-refractivity contribution in [2.45, 2.75) is 72.1 Å². The summed E-state index contributed by atoms with van der Waals surface area (Å²) >= 11 is 0. The van der Waals surface area contributed by atoms with Crippen LogP contribution in [0.4, 0.5) is 0 Å². The van der Waals surface area contributed by atoms with Crippen LogP contribution < -0.4 is 5.32 Å². The van der Waals surface area contributed by atoms with E-state index in [4.69, 9.17) is 0 Å². The summed E-state index contributed by atoms with van der Waals surface area (Å²) in [7, 11) is 2.24. The highest BCUT2D eigenvalue weighted by atomic mass is 15.1. The Bertz CT molecular complexity index is 389. The van der Waals surface area contributed by atoms with Gasteiger partial charge in [-0.15, -0.1) is 0 Å². The Balaban J connectivity index is 2.75. The minimum absolute atomic E-state index is 0.161. The maximum absolute atomic E-state index is 3.59. The number of nitrogens with zero attached hydrogens (tertiary/aromatic N) is 1. The molecule has 0 bridgehead atoms. The van der Waals surface area contributed by atoms with Crippen LogP contribution in [0.5, 0.6) is 0 Å². The molecule has 1 aromatic rings. The molecule has 0 saturated heterocycles. The Labute approximate surface area is 125 Å². The van der Waals surface area contributed by atoms with Gasteiger partial charge in [-0.1, -0.05) is 38.1 Å². The first kappa shape index (κ1) is 17.2. The second-order valence-electron chi connectivity index (χ2n) is 6.76. The molecule has 0 atom stereocenters. The van der Waals surface area contributed by atoms with Gasteiger partial charge in [0.15, 0.2) is 0 Å². The predicted molar refractivity (Wildman–Crippen MR) is 88.9 cm³/mol. The second kappa shape index (κ2) is 7.80. The molecule has 1 rings (SSSR count). The first-order valence-electron chi connectivity index (χ1n) is 7.89. The molecule has 0 saturated carbocycles. The lowest BCUT2D eigenvalue weighted by Gasteiger charge is -2.28. The third-order valence-corrected chi connectivity index (χ3v) is 3.91. The van der Waals surface area contributed by atoms with Crippen LogP contribution in [-0.4, -0.2) is 23.5 Å². The van der Waals surface area contributed by atoms with E-state index in [0.29, 0.717) is 6.04 Å². The zero-order chi connectivity index (χ0) is 15.2. The van der Waals surface area contributed by atoms with Crippen molar-refractivity contribution in [1.82, 2.24) is 10.2 Å². The van der Waals surface area contributed by atoms with E-state index >= 15 is 0 Å². The third kappa shape index (κ3) is 5.64. The average molecular weight is 276 g/mol. The van der Waals surface area contributed by atoms with Gasteiger partial charge in [-0.3, -0.25) is 4.90 Å². The molecule has 0 spiro atoms. The van der Waals surface area contributed by atoms with Crippen molar-refractivity contribution in [3.63, 3.8) is 0 Å². The van der Waals surface area contributed by atoms with E-state index in [2.05, 4.69) is 76.1 Å². The van der Waals surface area contributed by atoms with Crippen LogP contribution >= 0.6 is 0 Å². The van der Waals surface area contributed by atoms with Crippen molar-refractivity contribution in [1.29, 1.82) is 0 Å². The standard InChI is InChI=1S/C18H32N2/c1-7-17(8-2)20(6)14-16-12-10-9-11-15(16)13-19-18(3,4)5/h9-12,17,19H,7-8,13-14H2,1-6H3. The lowest BCUT2D eigenvalue weighted by atomic mass is 10.0. The zero-order valence-corrected chi connectivity index (χ0v) is 14.2. The summed E-state index contributed by atoms with van der Waals surface area (Å²) in [5.41, 5.74) is 3.02. The molecule has 0 aliphatic rings. The quantitative estimate of drug-likeness (QED) is 0.803. The van der Waals surface area contributed by atoms with E-state index in [0.717, 1.165) is 13.1 Å². The summed E-state index contributed by atoms with van der Waals surface area (Å²) in [5, 5.41) is 3.59. The van der Waals surface area contributed by atoms with E-state index in [1.165, 1.54) is 24.0 Å². The van der Waals surface area contributed by atoms with Crippen LogP contribution in [0, 0.1) is 0 Å². The Kier molecular flexibility index (Phi) is 6.70. The summed E-state index contributed by atoms with van der Waals surface area (Å²) in [6.45, 7) is 13.2. The van der Waals surface area contributed by atoms with Crippen LogP contribution in [0.2, 0.25) is 0 Å². The SMILES string of the molecule is CCC(CC)N(C)Cc1ccccc1CNC(C)(C)C. The van der Waals surface area contributed by atoms with E-state index < -0.39 is 0 Å². The lowest BCUT2D eigenvalue weighted by molar-refractivity contribution is 0.221. The molecule has 114 valence electrons. The minimum atomic E-state index is 0.161. The zero-order valence-electron chi connectivity index (χ0n) is 14.2. The van der Waals surface area contributed by atoms with E-state index in [1.807, 2.05) is 0 Å². The Morgan fingerprint density at radius 1 is 1.05 bits per heavy atom. The largest absolute Gasteiger partial charge is 0.308 e. The molecule has 1 aromatic carbocycles. The summed E-state index contributed by atoms with van der Waals surface area (Å²) in [6, 6.07) is 9.48. The smallest absolute Gasteiger partial charge is 0.0236 e. The molecule has 1 N–H and O–H groups in total. The van der Waals surface area contributed by atoms with E-state index in [1.54, 1.807) is 0 Å². The normalized spacial score (nSPS) is 12.4. The molecule has 0 heterocycles. The molecule has 0 unspecified atom stereocenters. The fourth-order valence-electron chi connectivity index (χ4n) is 2.55. The van der Waals surface area contributed by atoms with Gasteiger partial charge in [0.25, 0.3) is 0 Å². The number of rotatable bonds is 7. The summed E-state index contributed by atoms with van der Waals surface area (Å²) in [4.78, 5) is 2.48. The fraction of sp³-hybridized carbons (Fsp3) is 0.667. The van der Waals surface area contributed by atoms with Crippen LogP contribution in [0.1, 0.15) is 58.6 Å². The van der Waals surface area contributed by atoms with Crippen molar-refractivity contribution < 1.29 is 0 Å². The molecular formula is C18H32N2. The van der Waals surface area contributed by atoms with Gasteiger partial charge in [-0.05, 0) is 51.8 Å². The number of nitrogens with one attached hydrogen (secondary N) is 1. The first-order valence-corrected chi connectivity index (χ1v) is 7.89. The predicted octanol–water partition coefficient (Wildman–Crippen LogP) is 4.20. The van der Waals surface area contributed by atoms with Gasteiger partial charge in [0.2, 0.25) is 0 Å². The summed E-state index contributed by atoms with van der Waals surface area (Å²) in [5.74, 6) is 0. The Morgan fingerprint density at radius 3 is 2.10 bits per heavy atom. The number of hydrogen-bond donors (Lipinski definition) is 1. The van der Waals surface area contributed by atoms with Crippen LogP contribution in [0.3, 0.4) is 0 Å². The molecular weight excluding hydrogens is 244 g/mol. The van der Waals surface area contributed by atoms with E-state index in [9.17, 15) is 0 Å². The molecule has 0 aliphatic heterocycles. The van der Waals surface area contributed by atoms with Crippen molar-refractivity contribution in [3.8, 4) is 0 Å². The molecule has 2 nitrogen and oxygen atoms in total. The maximum Gasteiger partial charge on any atom is 0.0236 e. The number of benzene rings is 1. The van der Waals surface area contributed by atoms with E-state index in [-0.39, 0.29) is 5.54 Å². The molecule has 20 heavy (non-hydrogen) atoms. The lowest BCUT2D eigenvalue weighted by Crippen LogP contribution is -2.36. The molecule has 0 aliphatic carbocycles. The topological polar surface area (TPSA) is 15.3 Å². The summed E-state index contributed by atoms with van der Waals surface area (Å²) in [6.07, 6.45) is 2.44. The van der Waals surface area contributed by atoms with Gasteiger partial charge in [-0.25, -0.2) is 0 Å². The third-order valence-electron chi connectivity index (χ3n) is 3.91. The second-order valence-corrected chi connectivity index (χ2v) is 6.76. The molecule has 0 fully saturated rings. The molecule has 0 amide bonds. The monoisotopic (exact) mass is 276 g/mol. The van der Waals surface area contributed by atoms with Crippen LogP contribution in [0.25, 0.3) is 0 Å². The highest BCUT2D eigenvalue weighted by Gasteiger charge is 2.14. The van der Waals surface area contributed by atoms with Gasteiger partial charge in [0, 0.05) is 24.7 Å².